The molecule has 0 aliphatic carbocycles. The van der Waals surface area contributed by atoms with Crippen LogP contribution in [-0.2, 0) is 0 Å². The van der Waals surface area contributed by atoms with Gasteiger partial charge in [0, 0.05) is 96.6 Å². The van der Waals surface area contributed by atoms with E-state index in [1.165, 1.54) is 0 Å². The quantitative estimate of drug-likeness (QED) is 0.222. The van der Waals surface area contributed by atoms with Crippen molar-refractivity contribution in [3.63, 3.8) is 0 Å². The Labute approximate surface area is 281 Å². The van der Waals surface area contributed by atoms with E-state index in [2.05, 4.69) is 19.9 Å². The van der Waals surface area contributed by atoms with Gasteiger partial charge in [-0.2, -0.15) is 0 Å². The van der Waals surface area contributed by atoms with Crippen LogP contribution < -0.4 is 21.3 Å². The summed E-state index contributed by atoms with van der Waals surface area (Å²) in [5, 5.41) is 2.45. The molecule has 12 nitrogen and oxygen atoms in total. The molecule has 8 aromatic heterocycles. The van der Waals surface area contributed by atoms with Gasteiger partial charge in [0.1, 0.15) is 0 Å². The van der Waals surface area contributed by atoms with Gasteiger partial charge in [0.15, 0.2) is 0 Å². The van der Waals surface area contributed by atoms with E-state index in [0.29, 0.717) is 44.0 Å². The Bertz CT molecular complexity index is 2010. The molecule has 0 N–H and O–H groups in total. The van der Waals surface area contributed by atoms with E-state index in [9.17, 15) is 0 Å². The summed E-state index contributed by atoms with van der Waals surface area (Å²) < 4.78 is 0. The van der Waals surface area contributed by atoms with Crippen LogP contribution in [0.15, 0.2) is 148 Å². The molecule has 8 rings (SSSR count). The normalized spacial score (nSPS) is 11.3. The Hall–Kier alpha value is -6.86. The first kappa shape index (κ1) is 29.5. The lowest BCUT2D eigenvalue weighted by atomic mass is 10.2. The van der Waals surface area contributed by atoms with Crippen molar-refractivity contribution in [3.8, 4) is 45.0 Å². The van der Waals surface area contributed by atoms with Gasteiger partial charge in [-0.15, -0.1) is 0 Å². The van der Waals surface area contributed by atoms with E-state index >= 15 is 0 Å². The molecular formula is C36H24N12Si. The lowest BCUT2D eigenvalue weighted by Gasteiger charge is -2.29. The molecule has 13 heteroatoms. The Morgan fingerprint density at radius 3 is 0.776 bits per heavy atom. The molecule has 0 aliphatic heterocycles. The molecule has 0 fully saturated rings. The molecule has 0 saturated heterocycles. The zero-order chi connectivity index (χ0) is 32.9. The van der Waals surface area contributed by atoms with Crippen molar-refractivity contribution in [1.29, 1.82) is 0 Å². The second-order valence-corrected chi connectivity index (χ2v) is 14.4. The van der Waals surface area contributed by atoms with Gasteiger partial charge in [-0.05, 0) is 48.5 Å². The van der Waals surface area contributed by atoms with Crippen LogP contribution in [0.1, 0.15) is 0 Å². The molecule has 0 aromatic carbocycles. The van der Waals surface area contributed by atoms with Gasteiger partial charge in [-0.1, -0.05) is 0 Å². The summed E-state index contributed by atoms with van der Waals surface area (Å²) in [5.74, 6) is 0. The van der Waals surface area contributed by atoms with E-state index in [0.717, 1.165) is 22.3 Å². The highest BCUT2D eigenvalue weighted by atomic mass is 28.3. The lowest BCUT2D eigenvalue weighted by Crippen LogP contribution is -2.78. The molecule has 0 aliphatic rings. The second-order valence-electron chi connectivity index (χ2n) is 10.9. The van der Waals surface area contributed by atoms with Crippen LogP contribution >= 0.6 is 0 Å². The molecule has 8 aromatic rings. The zero-order valence-electron chi connectivity index (χ0n) is 25.7. The molecule has 0 bridgehead atoms. The maximum absolute atomic E-state index is 5.27. The van der Waals surface area contributed by atoms with Crippen molar-refractivity contribution in [2.75, 3.05) is 0 Å². The molecule has 0 saturated carbocycles. The van der Waals surface area contributed by atoms with Gasteiger partial charge < -0.3 is 0 Å². The Morgan fingerprint density at radius 1 is 0.286 bits per heavy atom. The van der Waals surface area contributed by atoms with E-state index in [1.54, 1.807) is 99.1 Å². The molecule has 0 unspecified atom stereocenters. The fourth-order valence-corrected chi connectivity index (χ4v) is 9.39. The molecule has 0 radical (unpaired) electrons. The summed E-state index contributed by atoms with van der Waals surface area (Å²) in [6, 6.07) is 15.2. The van der Waals surface area contributed by atoms with Gasteiger partial charge >= 0.3 is 0 Å². The molecule has 0 spiro atoms. The monoisotopic (exact) mass is 652 g/mol. The highest BCUT2D eigenvalue weighted by Crippen LogP contribution is 2.19. The van der Waals surface area contributed by atoms with Gasteiger partial charge in [0.2, 0.25) is 0 Å². The van der Waals surface area contributed by atoms with E-state index in [1.807, 2.05) is 48.5 Å². The Morgan fingerprint density at radius 2 is 0.551 bits per heavy atom. The van der Waals surface area contributed by atoms with Crippen LogP contribution in [0.3, 0.4) is 0 Å². The highest BCUT2D eigenvalue weighted by Gasteiger charge is 2.50. The largest absolute Gasteiger partial charge is 0.271 e. The SMILES string of the molecule is c1cncc(-c2cncc([Si](c3cncc(-c4cccnc4)n3)(c3cncc(-c4cccnc4)n3)c3cncc(-c4cccnc4)n3)n2)c1. The molecule has 0 amide bonds. The highest BCUT2D eigenvalue weighted by molar-refractivity contribution is 7.18. The van der Waals surface area contributed by atoms with Crippen molar-refractivity contribution in [3.05, 3.63) is 148 Å². The predicted molar refractivity (Wildman–Crippen MR) is 185 cm³/mol. The number of hydrogen-bond donors (Lipinski definition) is 0. The summed E-state index contributed by atoms with van der Waals surface area (Å²) in [7, 11) is -3.73. The van der Waals surface area contributed by atoms with E-state index < -0.39 is 8.07 Å². The van der Waals surface area contributed by atoms with Gasteiger partial charge in [0.25, 0.3) is 8.07 Å². The lowest BCUT2D eigenvalue weighted by molar-refractivity contribution is 1.18. The smallest absolute Gasteiger partial charge is 0.264 e. The average Bonchev–Trinajstić information content (AvgIpc) is 3.20. The summed E-state index contributed by atoms with van der Waals surface area (Å²) in [4.78, 5) is 57.2. The minimum absolute atomic E-state index is 0.613. The minimum Gasteiger partial charge on any atom is -0.264 e. The van der Waals surface area contributed by atoms with Crippen LogP contribution in [-0.4, -0.2) is 67.9 Å². The average molecular weight is 653 g/mol. The number of hydrogen-bond acceptors (Lipinski definition) is 12. The van der Waals surface area contributed by atoms with Crippen LogP contribution in [0.4, 0.5) is 0 Å². The number of rotatable bonds is 8. The third kappa shape index (κ3) is 5.70. The summed E-state index contributed by atoms with van der Waals surface area (Å²) in [5.41, 5.74) is 5.75. The van der Waals surface area contributed by atoms with E-state index in [-0.39, 0.29) is 0 Å². The van der Waals surface area contributed by atoms with Gasteiger partial charge in [-0.3, -0.25) is 59.8 Å². The maximum Gasteiger partial charge on any atom is 0.271 e. The maximum atomic E-state index is 5.27. The van der Waals surface area contributed by atoms with Gasteiger partial charge in [-0.25, -0.2) is 0 Å². The van der Waals surface area contributed by atoms with Crippen LogP contribution in [0.5, 0.6) is 0 Å². The summed E-state index contributed by atoms with van der Waals surface area (Å²) in [6.45, 7) is 0. The Kier molecular flexibility index (Phi) is 7.89. The van der Waals surface area contributed by atoms with Crippen molar-refractivity contribution < 1.29 is 0 Å². The first-order valence-corrected chi connectivity index (χ1v) is 17.2. The van der Waals surface area contributed by atoms with Crippen LogP contribution in [0, 0.1) is 0 Å². The fraction of sp³-hybridized carbons (Fsp3) is 0. The van der Waals surface area contributed by atoms with Crippen LogP contribution in [0.2, 0.25) is 0 Å². The third-order valence-electron chi connectivity index (χ3n) is 7.90. The number of pyridine rings is 4. The topological polar surface area (TPSA) is 155 Å². The van der Waals surface area contributed by atoms with Crippen molar-refractivity contribution in [2.45, 2.75) is 0 Å². The van der Waals surface area contributed by atoms with E-state index in [4.69, 9.17) is 39.9 Å². The van der Waals surface area contributed by atoms with Crippen molar-refractivity contribution in [1.82, 2.24) is 59.8 Å². The number of aromatic nitrogens is 12. The molecule has 49 heavy (non-hydrogen) atoms. The second kappa shape index (κ2) is 13.1. The zero-order valence-corrected chi connectivity index (χ0v) is 26.7. The first-order chi connectivity index (χ1) is 24.3. The molecular weight excluding hydrogens is 629 g/mol. The van der Waals surface area contributed by atoms with Crippen molar-refractivity contribution >= 4 is 29.3 Å². The van der Waals surface area contributed by atoms with Gasteiger partial charge in [0.05, 0.1) is 68.8 Å². The Balaban J connectivity index is 1.47. The summed E-state index contributed by atoms with van der Waals surface area (Å²) >= 11 is 0. The first-order valence-electron chi connectivity index (χ1n) is 15.2. The fourth-order valence-electron chi connectivity index (χ4n) is 5.59. The minimum atomic E-state index is -3.73. The van der Waals surface area contributed by atoms with Crippen LogP contribution in [0.25, 0.3) is 45.0 Å². The molecule has 8 heterocycles. The van der Waals surface area contributed by atoms with Crippen molar-refractivity contribution in [2.24, 2.45) is 0 Å². The molecule has 232 valence electrons. The standard InChI is InChI=1S/C36H24N12Si/c1-5-25(13-37-9-1)29-17-41-21-33(45-29)49(34-22-42-18-30(46-34)26-6-2-10-38-14-26,35-23-43-19-31(47-35)27-7-3-11-39-15-27)36-24-44-20-32(48-36)28-8-4-12-40-16-28/h1-24H. The third-order valence-corrected chi connectivity index (χ3v) is 11.9. The number of nitrogens with zero attached hydrogens (tertiary/aromatic N) is 12. The predicted octanol–water partition coefficient (Wildman–Crippen LogP) is 2.47. The summed E-state index contributed by atoms with van der Waals surface area (Å²) in [6.07, 6.45) is 27.8. The molecule has 0 atom stereocenters.